The van der Waals surface area contributed by atoms with Gasteiger partial charge in [0.15, 0.2) is 5.13 Å². The molecule has 6 rings (SSSR count). The SMILES string of the molecule is CCn1cc(C(=O)O)c(=O)c2cc(F)c(N3CCN(C4SCC(=O)N4c4nc5ccc(OC)cc5s4)CC3)cc21. The summed E-state index contributed by atoms with van der Waals surface area (Å²) >= 11 is 3.01. The number of carbonyl (C=O) groups excluding carboxylic acids is 1. The maximum Gasteiger partial charge on any atom is 0.341 e. The lowest BCUT2D eigenvalue weighted by Gasteiger charge is -2.40. The van der Waals surface area contributed by atoms with Crippen molar-refractivity contribution in [2.75, 3.05) is 48.8 Å². The van der Waals surface area contributed by atoms with Crippen molar-refractivity contribution in [1.29, 1.82) is 0 Å². The first kappa shape index (κ1) is 26.5. The highest BCUT2D eigenvalue weighted by Crippen LogP contribution is 2.39. The third-order valence-electron chi connectivity index (χ3n) is 7.32. The number of carboxylic acids is 1. The molecule has 0 spiro atoms. The fourth-order valence-corrected chi connectivity index (χ4v) is 7.56. The van der Waals surface area contributed by atoms with E-state index in [1.54, 1.807) is 34.4 Å². The number of methoxy groups -OCH3 is 1. The van der Waals surface area contributed by atoms with Gasteiger partial charge in [-0.15, -0.1) is 11.8 Å². The second-order valence-corrected chi connectivity index (χ2v) is 11.6. The second kappa shape index (κ2) is 10.4. The largest absolute Gasteiger partial charge is 0.497 e. The molecular weight excluding hydrogens is 557 g/mol. The molecule has 2 aromatic heterocycles. The number of piperazine rings is 1. The Balaban J connectivity index is 1.24. The third kappa shape index (κ3) is 4.47. The Hall–Kier alpha value is -3.68. The number of amides is 1. The summed E-state index contributed by atoms with van der Waals surface area (Å²) in [7, 11) is 1.61. The Morgan fingerprint density at radius 3 is 2.65 bits per heavy atom. The van der Waals surface area contributed by atoms with Gasteiger partial charge in [0.2, 0.25) is 11.3 Å². The summed E-state index contributed by atoms with van der Waals surface area (Å²) in [5.74, 6) is -0.812. The van der Waals surface area contributed by atoms with Gasteiger partial charge in [-0.05, 0) is 37.3 Å². The lowest BCUT2D eigenvalue weighted by atomic mass is 10.1. The van der Waals surface area contributed by atoms with Crippen molar-refractivity contribution in [3.8, 4) is 5.75 Å². The number of halogens is 1. The standard InChI is InChI=1S/C27H26FN5O5S2/c1-3-30-13-17(25(36)37)24(35)16-11-18(28)21(12-20(16)30)31-6-8-32(9-7-31)27-33(23(34)14-39-27)26-29-19-5-4-15(38-2)10-22(19)40-26/h4-5,10-13,27H,3,6-9,14H2,1-2H3,(H,36,37). The Morgan fingerprint density at radius 1 is 1.18 bits per heavy atom. The number of fused-ring (bicyclic) bond motifs is 2. The van der Waals surface area contributed by atoms with Crippen LogP contribution < -0.4 is 20.0 Å². The molecule has 1 N–H and O–H groups in total. The van der Waals surface area contributed by atoms with Gasteiger partial charge >= 0.3 is 5.97 Å². The molecule has 208 valence electrons. The number of thioether (sulfide) groups is 1. The van der Waals surface area contributed by atoms with E-state index in [1.807, 2.05) is 30.0 Å². The normalized spacial score (nSPS) is 18.3. The maximum atomic E-state index is 15.3. The number of aryl methyl sites for hydroxylation is 1. The van der Waals surface area contributed by atoms with Gasteiger partial charge in [-0.2, -0.15) is 0 Å². The molecule has 2 saturated heterocycles. The molecule has 2 aromatic carbocycles. The number of pyridine rings is 1. The summed E-state index contributed by atoms with van der Waals surface area (Å²) in [5.41, 5.74) is 0.380. The van der Waals surface area contributed by atoms with E-state index < -0.39 is 17.2 Å². The molecule has 2 aliphatic heterocycles. The fraction of sp³-hybridized carbons (Fsp3) is 0.333. The Labute approximate surface area is 236 Å². The highest BCUT2D eigenvalue weighted by atomic mass is 32.2. The van der Waals surface area contributed by atoms with Crippen molar-refractivity contribution < 1.29 is 23.8 Å². The van der Waals surface area contributed by atoms with Crippen LogP contribution in [0, 0.1) is 5.82 Å². The average Bonchev–Trinajstić information content (AvgIpc) is 3.55. The Morgan fingerprint density at radius 2 is 1.95 bits per heavy atom. The summed E-state index contributed by atoms with van der Waals surface area (Å²) < 4.78 is 23.2. The summed E-state index contributed by atoms with van der Waals surface area (Å²) in [6.07, 6.45) is 1.31. The monoisotopic (exact) mass is 583 g/mol. The van der Waals surface area contributed by atoms with Crippen LogP contribution in [0.15, 0.2) is 41.3 Å². The van der Waals surface area contributed by atoms with E-state index in [0.29, 0.717) is 54.8 Å². The molecule has 0 aliphatic carbocycles. The number of nitrogens with zero attached hydrogens (tertiary/aromatic N) is 5. The molecule has 40 heavy (non-hydrogen) atoms. The van der Waals surface area contributed by atoms with Crippen LogP contribution in [0.25, 0.3) is 21.1 Å². The molecule has 13 heteroatoms. The minimum atomic E-state index is -1.34. The minimum absolute atomic E-state index is 0.00212. The predicted octanol–water partition coefficient (Wildman–Crippen LogP) is 3.66. The van der Waals surface area contributed by atoms with Crippen LogP contribution in [0.5, 0.6) is 5.75 Å². The van der Waals surface area contributed by atoms with E-state index >= 15 is 4.39 Å². The van der Waals surface area contributed by atoms with E-state index in [1.165, 1.54) is 17.5 Å². The number of aromatic nitrogens is 2. The molecule has 0 bridgehead atoms. The van der Waals surface area contributed by atoms with Crippen molar-refractivity contribution in [1.82, 2.24) is 14.5 Å². The van der Waals surface area contributed by atoms with E-state index in [-0.39, 0.29) is 22.4 Å². The number of carbonyl (C=O) groups is 2. The molecule has 1 atom stereocenters. The molecule has 10 nitrogen and oxygen atoms in total. The van der Waals surface area contributed by atoms with Crippen LogP contribution in [-0.2, 0) is 11.3 Å². The van der Waals surface area contributed by atoms with Crippen molar-refractivity contribution >= 4 is 66.9 Å². The molecule has 0 saturated carbocycles. The summed E-state index contributed by atoms with van der Waals surface area (Å²) in [4.78, 5) is 47.8. The zero-order valence-corrected chi connectivity index (χ0v) is 23.4. The number of carboxylic acid groups (broad SMARTS) is 1. The minimum Gasteiger partial charge on any atom is -0.497 e. The molecule has 2 fully saturated rings. The van der Waals surface area contributed by atoms with Gasteiger partial charge in [-0.3, -0.25) is 19.4 Å². The van der Waals surface area contributed by atoms with Crippen molar-refractivity contribution in [2.24, 2.45) is 0 Å². The highest BCUT2D eigenvalue weighted by Gasteiger charge is 2.40. The molecule has 1 amide bonds. The number of thiazole rings is 1. The maximum absolute atomic E-state index is 15.3. The first-order chi connectivity index (χ1) is 19.3. The zero-order valence-electron chi connectivity index (χ0n) is 21.8. The molecule has 1 unspecified atom stereocenters. The van der Waals surface area contributed by atoms with E-state index in [9.17, 15) is 19.5 Å². The Bertz CT molecular complexity index is 1720. The lowest BCUT2D eigenvalue weighted by Crippen LogP contribution is -2.54. The predicted molar refractivity (Wildman–Crippen MR) is 154 cm³/mol. The number of aromatic carboxylic acids is 1. The van der Waals surface area contributed by atoms with Crippen molar-refractivity contribution in [3.05, 3.63) is 58.1 Å². The van der Waals surface area contributed by atoms with Crippen LogP contribution in [0.3, 0.4) is 0 Å². The quantitative estimate of drug-likeness (QED) is 0.364. The van der Waals surface area contributed by atoms with Crippen LogP contribution in [0.1, 0.15) is 17.3 Å². The van der Waals surface area contributed by atoms with Crippen LogP contribution in [-0.4, -0.2) is 76.0 Å². The number of benzene rings is 2. The van der Waals surface area contributed by atoms with Gasteiger partial charge in [-0.1, -0.05) is 11.3 Å². The summed E-state index contributed by atoms with van der Waals surface area (Å²) in [5, 5.41) is 10.1. The van der Waals surface area contributed by atoms with Gasteiger partial charge in [0.05, 0.1) is 34.3 Å². The fourth-order valence-electron chi connectivity index (χ4n) is 5.25. The number of anilines is 2. The van der Waals surface area contributed by atoms with Gasteiger partial charge in [0.25, 0.3) is 0 Å². The first-order valence-corrected chi connectivity index (χ1v) is 14.6. The lowest BCUT2D eigenvalue weighted by molar-refractivity contribution is -0.116. The average molecular weight is 584 g/mol. The van der Waals surface area contributed by atoms with Crippen LogP contribution >= 0.6 is 23.1 Å². The van der Waals surface area contributed by atoms with Crippen LogP contribution in [0.2, 0.25) is 0 Å². The number of hydrogen-bond donors (Lipinski definition) is 1. The number of rotatable bonds is 6. The molecule has 4 aromatic rings. The summed E-state index contributed by atoms with van der Waals surface area (Å²) in [6, 6.07) is 8.42. The molecular formula is C27H26FN5O5S2. The van der Waals surface area contributed by atoms with E-state index in [2.05, 4.69) is 4.90 Å². The molecule has 0 radical (unpaired) electrons. The molecule has 4 heterocycles. The molecule has 2 aliphatic rings. The van der Waals surface area contributed by atoms with Gasteiger partial charge in [-0.25, -0.2) is 14.2 Å². The smallest absolute Gasteiger partial charge is 0.341 e. The zero-order chi connectivity index (χ0) is 28.1. The summed E-state index contributed by atoms with van der Waals surface area (Å²) in [6.45, 7) is 4.49. The third-order valence-corrected chi connectivity index (χ3v) is 9.56. The van der Waals surface area contributed by atoms with E-state index in [0.717, 1.165) is 22.0 Å². The van der Waals surface area contributed by atoms with Gasteiger partial charge in [0, 0.05) is 44.3 Å². The van der Waals surface area contributed by atoms with Crippen molar-refractivity contribution in [3.63, 3.8) is 0 Å². The second-order valence-electron chi connectivity index (χ2n) is 9.54. The van der Waals surface area contributed by atoms with Gasteiger partial charge < -0.3 is 19.3 Å². The van der Waals surface area contributed by atoms with E-state index in [4.69, 9.17) is 9.72 Å². The number of hydrogen-bond acceptors (Lipinski definition) is 9. The topological polar surface area (TPSA) is 108 Å². The number of ether oxygens (including phenoxy) is 1. The van der Waals surface area contributed by atoms with Crippen molar-refractivity contribution in [2.45, 2.75) is 19.0 Å². The highest BCUT2D eigenvalue weighted by molar-refractivity contribution is 8.01. The van der Waals surface area contributed by atoms with Crippen LogP contribution in [0.4, 0.5) is 15.2 Å². The Kier molecular flexibility index (Phi) is 6.88. The first-order valence-electron chi connectivity index (χ1n) is 12.8. The van der Waals surface area contributed by atoms with Gasteiger partial charge in [0.1, 0.15) is 22.6 Å².